The molecule has 0 aromatic heterocycles. The van der Waals surface area contributed by atoms with Crippen LogP contribution in [0.15, 0.2) is 12.7 Å². The van der Waals surface area contributed by atoms with E-state index in [1.807, 2.05) is 20.8 Å². The highest BCUT2D eigenvalue weighted by molar-refractivity contribution is 5.56. The first-order chi connectivity index (χ1) is 4.93. The molecule has 1 N–H and O–H groups in total. The number of carbonyl (C=O) groups is 1. The van der Waals surface area contributed by atoms with Crippen LogP contribution in [0, 0.1) is 11.3 Å². The number of aliphatic hydroxyl groups is 1. The second-order valence-electron chi connectivity index (χ2n) is 3.75. The van der Waals surface area contributed by atoms with Crippen LogP contribution in [0.4, 0.5) is 0 Å². The van der Waals surface area contributed by atoms with E-state index in [1.54, 1.807) is 0 Å². The first kappa shape index (κ1) is 10.4. The van der Waals surface area contributed by atoms with Gasteiger partial charge < -0.3 is 9.90 Å². The summed E-state index contributed by atoms with van der Waals surface area (Å²) in [6.45, 7) is 9.18. The topological polar surface area (TPSA) is 37.3 Å². The Labute approximate surface area is 67.9 Å². The molecule has 2 nitrogen and oxygen atoms in total. The number of aliphatic hydroxyl groups excluding tert-OH is 1. The maximum atomic E-state index is 10.5. The summed E-state index contributed by atoms with van der Waals surface area (Å²) in [6.07, 6.45) is 1.45. The Balaban J connectivity index is 4.40. The van der Waals surface area contributed by atoms with Gasteiger partial charge in [-0.1, -0.05) is 26.8 Å². The number of carbonyl (C=O) groups excluding carboxylic acids is 1. The normalized spacial score (nSPS) is 17.1. The van der Waals surface area contributed by atoms with Crippen LogP contribution in [0.25, 0.3) is 0 Å². The summed E-state index contributed by atoms with van der Waals surface area (Å²) in [7, 11) is 0. The summed E-state index contributed by atoms with van der Waals surface area (Å²) in [4.78, 5) is 10.5. The Morgan fingerprint density at radius 3 is 2.00 bits per heavy atom. The van der Waals surface area contributed by atoms with Gasteiger partial charge >= 0.3 is 0 Å². The van der Waals surface area contributed by atoms with Gasteiger partial charge in [-0.05, 0) is 5.41 Å². The summed E-state index contributed by atoms with van der Waals surface area (Å²) in [5, 5.41) is 9.30. The van der Waals surface area contributed by atoms with E-state index in [0.717, 1.165) is 6.29 Å². The minimum atomic E-state index is -0.729. The molecule has 0 saturated carbocycles. The van der Waals surface area contributed by atoms with Crippen molar-refractivity contribution in [3.63, 3.8) is 0 Å². The number of hydrogen-bond donors (Lipinski definition) is 1. The molecular weight excluding hydrogens is 140 g/mol. The molecule has 0 radical (unpaired) electrons. The number of hydrogen-bond acceptors (Lipinski definition) is 2. The minimum Gasteiger partial charge on any atom is -0.388 e. The lowest BCUT2D eigenvalue weighted by Crippen LogP contribution is -2.31. The molecule has 2 unspecified atom stereocenters. The van der Waals surface area contributed by atoms with Crippen LogP contribution < -0.4 is 0 Å². The highest BCUT2D eigenvalue weighted by Gasteiger charge is 2.28. The fourth-order valence-corrected chi connectivity index (χ4v) is 0.944. The van der Waals surface area contributed by atoms with E-state index in [2.05, 4.69) is 6.58 Å². The zero-order chi connectivity index (χ0) is 9.07. The van der Waals surface area contributed by atoms with Crippen molar-refractivity contribution in [1.82, 2.24) is 0 Å². The highest BCUT2D eigenvalue weighted by atomic mass is 16.3. The van der Waals surface area contributed by atoms with Crippen LogP contribution in [-0.2, 0) is 4.79 Å². The average molecular weight is 156 g/mol. The van der Waals surface area contributed by atoms with Crippen molar-refractivity contribution >= 4 is 6.29 Å². The van der Waals surface area contributed by atoms with E-state index in [0.29, 0.717) is 0 Å². The Bertz CT molecular complexity index is 144. The lowest BCUT2D eigenvalue weighted by Gasteiger charge is -2.28. The lowest BCUT2D eigenvalue weighted by atomic mass is 9.78. The predicted molar refractivity (Wildman–Crippen MR) is 45.2 cm³/mol. The van der Waals surface area contributed by atoms with E-state index in [9.17, 15) is 9.90 Å². The summed E-state index contributed by atoms with van der Waals surface area (Å²) >= 11 is 0. The maximum absolute atomic E-state index is 10.5. The fraction of sp³-hybridized carbons (Fsp3) is 0.667. The third-order valence-electron chi connectivity index (χ3n) is 1.76. The van der Waals surface area contributed by atoms with Crippen molar-refractivity contribution in [3.05, 3.63) is 12.7 Å². The molecule has 2 atom stereocenters. The molecule has 0 amide bonds. The summed E-state index contributed by atoms with van der Waals surface area (Å²) in [6, 6.07) is 0. The van der Waals surface area contributed by atoms with Gasteiger partial charge in [0.25, 0.3) is 0 Å². The molecule has 0 heterocycles. The molecule has 0 saturated heterocycles. The van der Waals surface area contributed by atoms with E-state index < -0.39 is 6.10 Å². The van der Waals surface area contributed by atoms with Crippen LogP contribution in [0.1, 0.15) is 20.8 Å². The molecule has 11 heavy (non-hydrogen) atoms. The number of aldehydes is 1. The standard InChI is InChI=1S/C9H16O2/c1-5-8(11)7(6-10)9(2,3)4/h5-8,11H,1H2,2-4H3. The van der Waals surface area contributed by atoms with Crippen LogP contribution >= 0.6 is 0 Å². The monoisotopic (exact) mass is 156 g/mol. The van der Waals surface area contributed by atoms with E-state index in [4.69, 9.17) is 0 Å². The molecular formula is C9H16O2. The van der Waals surface area contributed by atoms with Gasteiger partial charge in [0.2, 0.25) is 0 Å². The van der Waals surface area contributed by atoms with Crippen LogP contribution in [0.5, 0.6) is 0 Å². The summed E-state index contributed by atoms with van der Waals surface area (Å²) in [5.41, 5.74) is -0.199. The van der Waals surface area contributed by atoms with Crippen molar-refractivity contribution in [1.29, 1.82) is 0 Å². The predicted octanol–water partition coefficient (Wildman–Crippen LogP) is 1.39. The fourth-order valence-electron chi connectivity index (χ4n) is 0.944. The van der Waals surface area contributed by atoms with Crippen LogP contribution in [0.2, 0.25) is 0 Å². The Hall–Kier alpha value is -0.630. The third-order valence-corrected chi connectivity index (χ3v) is 1.76. The zero-order valence-electron chi connectivity index (χ0n) is 7.37. The van der Waals surface area contributed by atoms with Gasteiger partial charge in [0.05, 0.1) is 6.10 Å². The van der Waals surface area contributed by atoms with Crippen molar-refractivity contribution in [2.45, 2.75) is 26.9 Å². The quantitative estimate of drug-likeness (QED) is 0.495. The molecule has 0 aliphatic heterocycles. The molecule has 0 bridgehead atoms. The lowest BCUT2D eigenvalue weighted by molar-refractivity contribution is -0.117. The van der Waals surface area contributed by atoms with Gasteiger partial charge in [0.1, 0.15) is 6.29 Å². The van der Waals surface area contributed by atoms with Gasteiger partial charge in [0, 0.05) is 5.92 Å². The largest absolute Gasteiger partial charge is 0.388 e. The third kappa shape index (κ3) is 2.85. The first-order valence-electron chi connectivity index (χ1n) is 3.69. The van der Waals surface area contributed by atoms with Crippen LogP contribution in [-0.4, -0.2) is 17.5 Å². The zero-order valence-corrected chi connectivity index (χ0v) is 7.37. The van der Waals surface area contributed by atoms with Gasteiger partial charge in [-0.3, -0.25) is 0 Å². The Morgan fingerprint density at radius 2 is 1.91 bits per heavy atom. The molecule has 0 aromatic rings. The van der Waals surface area contributed by atoms with E-state index in [1.165, 1.54) is 6.08 Å². The smallest absolute Gasteiger partial charge is 0.126 e. The first-order valence-corrected chi connectivity index (χ1v) is 3.69. The second kappa shape index (κ2) is 3.67. The number of rotatable bonds is 3. The SMILES string of the molecule is C=CC(O)C(C=O)C(C)(C)C. The van der Waals surface area contributed by atoms with Gasteiger partial charge in [-0.25, -0.2) is 0 Å². The highest BCUT2D eigenvalue weighted by Crippen LogP contribution is 2.27. The van der Waals surface area contributed by atoms with E-state index >= 15 is 0 Å². The second-order valence-corrected chi connectivity index (χ2v) is 3.75. The molecule has 0 aliphatic rings. The Kier molecular flexibility index (Phi) is 3.46. The average Bonchev–Trinajstić information content (AvgIpc) is 1.86. The maximum Gasteiger partial charge on any atom is 0.126 e. The molecule has 0 rings (SSSR count). The summed E-state index contributed by atoms with van der Waals surface area (Å²) < 4.78 is 0. The molecule has 0 spiro atoms. The van der Waals surface area contributed by atoms with Crippen molar-refractivity contribution < 1.29 is 9.90 Å². The van der Waals surface area contributed by atoms with Gasteiger partial charge in [0.15, 0.2) is 0 Å². The minimum absolute atomic E-state index is 0.199. The Morgan fingerprint density at radius 1 is 1.45 bits per heavy atom. The van der Waals surface area contributed by atoms with Crippen molar-refractivity contribution in [2.75, 3.05) is 0 Å². The molecule has 64 valence electrons. The van der Waals surface area contributed by atoms with Crippen molar-refractivity contribution in [2.24, 2.45) is 11.3 Å². The molecule has 0 fully saturated rings. The molecule has 0 aromatic carbocycles. The van der Waals surface area contributed by atoms with Crippen molar-refractivity contribution in [3.8, 4) is 0 Å². The van der Waals surface area contributed by atoms with E-state index in [-0.39, 0.29) is 11.3 Å². The molecule has 2 heteroatoms. The summed E-state index contributed by atoms with van der Waals surface area (Å²) in [5.74, 6) is -0.361. The van der Waals surface area contributed by atoms with Gasteiger partial charge in [-0.15, -0.1) is 6.58 Å². The molecule has 0 aliphatic carbocycles. The van der Waals surface area contributed by atoms with Crippen LogP contribution in [0.3, 0.4) is 0 Å². The van der Waals surface area contributed by atoms with Gasteiger partial charge in [-0.2, -0.15) is 0 Å².